The molecular weight excluding hydrogens is 528 g/mol. The summed E-state index contributed by atoms with van der Waals surface area (Å²) in [7, 11) is -3.80. The highest BCUT2D eigenvalue weighted by atomic mass is 32.2. The number of benzene rings is 2. The molecule has 2 amide bonds. The van der Waals surface area contributed by atoms with Crippen molar-refractivity contribution >= 4 is 21.6 Å². The van der Waals surface area contributed by atoms with Crippen LogP contribution in [-0.4, -0.2) is 47.8 Å². The van der Waals surface area contributed by atoms with E-state index in [9.17, 15) is 35.9 Å². The zero-order valence-corrected chi connectivity index (χ0v) is 21.4. The maximum absolute atomic E-state index is 14.1. The minimum absolute atomic E-state index is 0.0191. The fourth-order valence-electron chi connectivity index (χ4n) is 4.61. The van der Waals surface area contributed by atoms with Gasteiger partial charge in [-0.25, -0.2) is 22.3 Å². The van der Waals surface area contributed by atoms with Gasteiger partial charge in [0, 0.05) is 6.26 Å². The van der Waals surface area contributed by atoms with Crippen molar-refractivity contribution < 1.29 is 35.9 Å². The Morgan fingerprint density at radius 2 is 1.89 bits per heavy atom. The SMILES string of the molecule is CCC[C@H](NC(=O)N1c2cnn(-c3ccc(F)cc3)c2CCC1C(F)(F)F)c1ccc(O)c(S(C)(=O)=O)c1. The second-order valence-corrected chi connectivity index (χ2v) is 11.1. The van der Waals surface area contributed by atoms with Crippen LogP contribution in [0.25, 0.3) is 5.69 Å². The number of carbonyl (C=O) groups excluding carboxylic acids is 1. The average Bonchev–Trinajstić information content (AvgIpc) is 3.27. The molecule has 2 atom stereocenters. The third-order valence-corrected chi connectivity index (χ3v) is 7.53. The third kappa shape index (κ3) is 5.47. The standard InChI is InChI=1S/C25H26F4N4O4S/c1-3-4-18(15-5-11-21(34)22(13-15)38(2,36)37)31-24(35)32-20-14-30-33(17-8-6-16(26)7-9-17)19(20)10-12-23(32)25(27,28)29/h5-9,11,13-14,18,23,34H,3-4,10,12H2,1-2H3,(H,31,35)/t18-,23?/m0/s1. The van der Waals surface area contributed by atoms with Crippen LogP contribution in [0, 0.1) is 5.82 Å². The minimum Gasteiger partial charge on any atom is -0.507 e. The summed E-state index contributed by atoms with van der Waals surface area (Å²) in [5, 5.41) is 16.8. The number of nitrogens with one attached hydrogen (secondary N) is 1. The lowest BCUT2D eigenvalue weighted by Crippen LogP contribution is -2.55. The molecule has 2 heterocycles. The van der Waals surface area contributed by atoms with Crippen LogP contribution in [0.15, 0.2) is 53.6 Å². The predicted molar refractivity (Wildman–Crippen MR) is 132 cm³/mol. The Balaban J connectivity index is 1.72. The van der Waals surface area contributed by atoms with Gasteiger partial charge in [-0.05, 0) is 61.2 Å². The van der Waals surface area contributed by atoms with E-state index in [-0.39, 0.29) is 17.0 Å². The van der Waals surface area contributed by atoms with Crippen LogP contribution in [0.2, 0.25) is 0 Å². The molecule has 2 N–H and O–H groups in total. The molecule has 0 saturated carbocycles. The molecule has 204 valence electrons. The first kappa shape index (κ1) is 27.4. The number of aromatic nitrogens is 2. The number of rotatable bonds is 6. The number of alkyl halides is 3. The molecule has 38 heavy (non-hydrogen) atoms. The Kier molecular flexibility index (Phi) is 7.42. The van der Waals surface area contributed by atoms with Gasteiger partial charge in [-0.3, -0.25) is 4.90 Å². The van der Waals surface area contributed by atoms with Gasteiger partial charge in [0.05, 0.1) is 29.3 Å². The van der Waals surface area contributed by atoms with Crippen LogP contribution < -0.4 is 10.2 Å². The Labute approximate surface area is 216 Å². The van der Waals surface area contributed by atoms with Crippen molar-refractivity contribution in [2.75, 3.05) is 11.2 Å². The Morgan fingerprint density at radius 1 is 1.21 bits per heavy atom. The van der Waals surface area contributed by atoms with E-state index in [2.05, 4.69) is 10.4 Å². The van der Waals surface area contributed by atoms with E-state index >= 15 is 0 Å². The van der Waals surface area contributed by atoms with Crippen molar-refractivity contribution in [3.8, 4) is 11.4 Å². The molecule has 0 aliphatic carbocycles. The monoisotopic (exact) mass is 554 g/mol. The number of urea groups is 1. The lowest BCUT2D eigenvalue weighted by atomic mass is 9.99. The van der Waals surface area contributed by atoms with Gasteiger partial charge in [0.25, 0.3) is 0 Å². The van der Waals surface area contributed by atoms with E-state index in [0.717, 1.165) is 6.26 Å². The minimum atomic E-state index is -4.73. The molecule has 1 aliphatic heterocycles. The number of carbonyl (C=O) groups is 1. The van der Waals surface area contributed by atoms with Gasteiger partial charge in [0.2, 0.25) is 0 Å². The quantitative estimate of drug-likeness (QED) is 0.415. The summed E-state index contributed by atoms with van der Waals surface area (Å²) in [5.74, 6) is -0.952. The van der Waals surface area contributed by atoms with Crippen LogP contribution >= 0.6 is 0 Å². The average molecular weight is 555 g/mol. The zero-order valence-electron chi connectivity index (χ0n) is 20.5. The molecule has 3 aromatic rings. The van der Waals surface area contributed by atoms with Crippen LogP contribution in [0.5, 0.6) is 5.75 Å². The number of fused-ring (bicyclic) bond motifs is 1. The van der Waals surface area contributed by atoms with E-state index in [1.807, 2.05) is 0 Å². The fraction of sp³-hybridized carbons (Fsp3) is 0.360. The number of amides is 2. The number of anilines is 1. The largest absolute Gasteiger partial charge is 0.507 e. The number of sulfone groups is 1. The van der Waals surface area contributed by atoms with Crippen LogP contribution in [-0.2, 0) is 16.3 Å². The first-order chi connectivity index (χ1) is 17.8. The highest BCUT2D eigenvalue weighted by Gasteiger charge is 2.49. The molecule has 1 aromatic heterocycles. The number of halogens is 4. The second kappa shape index (κ2) is 10.3. The third-order valence-electron chi connectivity index (χ3n) is 6.40. The van der Waals surface area contributed by atoms with Crippen LogP contribution in [0.4, 0.5) is 28.0 Å². The molecule has 13 heteroatoms. The van der Waals surface area contributed by atoms with Crippen molar-refractivity contribution in [1.29, 1.82) is 0 Å². The molecule has 0 bridgehead atoms. The van der Waals surface area contributed by atoms with Crippen molar-refractivity contribution in [2.45, 2.75) is 55.8 Å². The van der Waals surface area contributed by atoms with E-state index in [4.69, 9.17) is 0 Å². The van der Waals surface area contributed by atoms with Crippen LogP contribution in [0.3, 0.4) is 0 Å². The molecule has 0 radical (unpaired) electrons. The lowest BCUT2D eigenvalue weighted by Gasteiger charge is -2.37. The highest BCUT2D eigenvalue weighted by molar-refractivity contribution is 7.90. The normalized spacial score (nSPS) is 16.7. The van der Waals surface area contributed by atoms with Crippen molar-refractivity contribution in [3.63, 3.8) is 0 Å². The van der Waals surface area contributed by atoms with E-state index in [0.29, 0.717) is 34.7 Å². The second-order valence-electron chi connectivity index (χ2n) is 9.12. The predicted octanol–water partition coefficient (Wildman–Crippen LogP) is 5.06. The van der Waals surface area contributed by atoms with Crippen LogP contribution in [0.1, 0.15) is 43.5 Å². The molecular formula is C25H26F4N4O4S. The fourth-order valence-corrected chi connectivity index (χ4v) is 5.41. The lowest BCUT2D eigenvalue weighted by molar-refractivity contribution is -0.149. The maximum Gasteiger partial charge on any atom is 0.409 e. The molecule has 8 nitrogen and oxygen atoms in total. The Hall–Kier alpha value is -3.61. The summed E-state index contributed by atoms with van der Waals surface area (Å²) in [6.45, 7) is 1.81. The molecule has 1 unspecified atom stereocenters. The van der Waals surface area contributed by atoms with Gasteiger partial charge in [0.1, 0.15) is 22.5 Å². The summed E-state index contributed by atoms with van der Waals surface area (Å²) in [6.07, 6.45) is -2.24. The number of nitrogens with zero attached hydrogens (tertiary/aromatic N) is 3. The number of phenols is 1. The molecule has 0 fully saturated rings. The smallest absolute Gasteiger partial charge is 0.409 e. The van der Waals surface area contributed by atoms with Gasteiger partial charge in [0.15, 0.2) is 9.84 Å². The first-order valence-corrected chi connectivity index (χ1v) is 13.7. The van der Waals surface area contributed by atoms with Gasteiger partial charge in [-0.1, -0.05) is 19.4 Å². The molecule has 1 aliphatic rings. The van der Waals surface area contributed by atoms with E-state index in [1.165, 1.54) is 53.3 Å². The summed E-state index contributed by atoms with van der Waals surface area (Å²) < 4.78 is 81.1. The van der Waals surface area contributed by atoms with Gasteiger partial charge < -0.3 is 10.4 Å². The Bertz CT molecular complexity index is 1440. The van der Waals surface area contributed by atoms with Gasteiger partial charge >= 0.3 is 12.2 Å². The number of hydrogen-bond donors (Lipinski definition) is 2. The summed E-state index contributed by atoms with van der Waals surface area (Å²) in [5.41, 5.74) is 1.09. The molecule has 4 rings (SSSR count). The summed E-state index contributed by atoms with van der Waals surface area (Å²) in [6, 6.07) is 5.09. The van der Waals surface area contributed by atoms with Crippen molar-refractivity contribution in [3.05, 3.63) is 65.7 Å². The van der Waals surface area contributed by atoms with Crippen molar-refractivity contribution in [2.24, 2.45) is 0 Å². The molecule has 0 spiro atoms. The number of aromatic hydroxyl groups is 1. The van der Waals surface area contributed by atoms with E-state index in [1.54, 1.807) is 6.92 Å². The molecule has 0 saturated heterocycles. The highest BCUT2D eigenvalue weighted by Crippen LogP contribution is 2.39. The van der Waals surface area contributed by atoms with Gasteiger partial charge in [-0.2, -0.15) is 18.3 Å². The zero-order chi connectivity index (χ0) is 27.8. The first-order valence-electron chi connectivity index (χ1n) is 11.8. The maximum atomic E-state index is 14.1. The van der Waals surface area contributed by atoms with Gasteiger partial charge in [-0.15, -0.1) is 0 Å². The summed E-state index contributed by atoms with van der Waals surface area (Å²) in [4.78, 5) is 13.8. The van der Waals surface area contributed by atoms with E-state index < -0.39 is 52.1 Å². The number of phenolic OH excluding ortho intramolecular Hbond substituents is 1. The topological polar surface area (TPSA) is 105 Å². The summed E-state index contributed by atoms with van der Waals surface area (Å²) >= 11 is 0. The van der Waals surface area contributed by atoms with Crippen molar-refractivity contribution in [1.82, 2.24) is 15.1 Å². The number of hydrogen-bond acceptors (Lipinski definition) is 5. The molecule has 2 aromatic carbocycles. The Morgan fingerprint density at radius 3 is 2.50 bits per heavy atom.